The second-order valence-corrected chi connectivity index (χ2v) is 5.99. The second kappa shape index (κ2) is 6.93. The topological polar surface area (TPSA) is 60.2 Å². The van der Waals surface area contributed by atoms with Gasteiger partial charge in [-0.25, -0.2) is 4.98 Å². The third kappa shape index (κ3) is 3.63. The van der Waals surface area contributed by atoms with Gasteiger partial charge in [-0.15, -0.1) is 0 Å². The average molecular weight is 277 g/mol. The predicted octanol–water partition coefficient (Wildman–Crippen LogP) is 3.19. The molecule has 0 aromatic carbocycles. The Kier molecular flexibility index (Phi) is 5.24. The Labute approximate surface area is 122 Å². The van der Waals surface area contributed by atoms with Crippen molar-refractivity contribution in [3.8, 4) is 5.75 Å². The van der Waals surface area contributed by atoms with E-state index in [9.17, 15) is 0 Å². The van der Waals surface area contributed by atoms with Crippen LogP contribution in [0.3, 0.4) is 0 Å². The van der Waals surface area contributed by atoms with Crippen LogP contribution in [-0.2, 0) is 0 Å². The van der Waals surface area contributed by atoms with Gasteiger partial charge in [0.15, 0.2) is 11.6 Å². The zero-order valence-corrected chi connectivity index (χ0v) is 12.7. The Balaban J connectivity index is 2.11. The molecule has 4 nitrogen and oxygen atoms in total. The van der Waals surface area contributed by atoms with Gasteiger partial charge in [-0.05, 0) is 50.2 Å². The first-order chi connectivity index (χ1) is 9.69. The van der Waals surface area contributed by atoms with Crippen molar-refractivity contribution < 1.29 is 4.74 Å². The number of aromatic nitrogens is 1. The van der Waals surface area contributed by atoms with E-state index >= 15 is 0 Å². The van der Waals surface area contributed by atoms with Crippen LogP contribution in [0.1, 0.15) is 46.0 Å². The van der Waals surface area contributed by atoms with Crippen LogP contribution in [0.15, 0.2) is 18.3 Å². The molecular weight excluding hydrogens is 250 g/mol. The number of nitrogens with zero attached hydrogens (tertiary/aromatic N) is 1. The molecule has 1 aromatic heterocycles. The Bertz CT molecular complexity index is 414. The molecule has 1 fully saturated rings. The summed E-state index contributed by atoms with van der Waals surface area (Å²) in [6.07, 6.45) is 7.46. The molecule has 0 saturated heterocycles. The standard InChI is InChI=1S/C16H27N3O/c1-3-11-20-14-5-4-10-18-15(14)19-16(12-17)8-6-13(2)7-9-16/h4-5,10,13H,3,6-9,11-12,17H2,1-2H3,(H,18,19). The molecular formula is C16H27N3O. The highest BCUT2D eigenvalue weighted by Gasteiger charge is 2.33. The van der Waals surface area contributed by atoms with E-state index in [1.165, 1.54) is 12.8 Å². The van der Waals surface area contributed by atoms with E-state index in [0.717, 1.165) is 36.7 Å². The molecule has 1 saturated carbocycles. The molecule has 0 radical (unpaired) electrons. The number of anilines is 1. The van der Waals surface area contributed by atoms with Crippen LogP contribution < -0.4 is 15.8 Å². The number of rotatable bonds is 6. The molecule has 2 rings (SSSR count). The number of nitrogens with one attached hydrogen (secondary N) is 1. The maximum absolute atomic E-state index is 6.05. The third-order valence-electron chi connectivity index (χ3n) is 4.24. The maximum Gasteiger partial charge on any atom is 0.169 e. The SMILES string of the molecule is CCCOc1cccnc1NC1(CN)CCC(C)CC1. The van der Waals surface area contributed by atoms with Crippen molar-refractivity contribution in [1.29, 1.82) is 0 Å². The van der Waals surface area contributed by atoms with Crippen molar-refractivity contribution >= 4 is 5.82 Å². The molecule has 0 atom stereocenters. The fraction of sp³-hybridized carbons (Fsp3) is 0.688. The van der Waals surface area contributed by atoms with E-state index in [2.05, 4.69) is 24.1 Å². The number of hydrogen-bond acceptors (Lipinski definition) is 4. The lowest BCUT2D eigenvalue weighted by atomic mass is 9.77. The van der Waals surface area contributed by atoms with Gasteiger partial charge in [-0.2, -0.15) is 0 Å². The minimum absolute atomic E-state index is 0.0226. The number of nitrogens with two attached hydrogens (primary N) is 1. The first kappa shape index (κ1) is 15.1. The normalized spacial score (nSPS) is 26.2. The summed E-state index contributed by atoms with van der Waals surface area (Å²) in [5.74, 6) is 2.47. The first-order valence-electron chi connectivity index (χ1n) is 7.75. The molecule has 0 bridgehead atoms. The van der Waals surface area contributed by atoms with Gasteiger partial charge in [0.1, 0.15) is 0 Å². The molecule has 0 amide bonds. The zero-order chi connectivity index (χ0) is 14.4. The zero-order valence-electron chi connectivity index (χ0n) is 12.7. The van der Waals surface area contributed by atoms with Crippen molar-refractivity contribution in [3.63, 3.8) is 0 Å². The van der Waals surface area contributed by atoms with Gasteiger partial charge in [0.05, 0.1) is 12.1 Å². The van der Waals surface area contributed by atoms with Crippen LogP contribution in [0, 0.1) is 5.92 Å². The quantitative estimate of drug-likeness (QED) is 0.838. The van der Waals surface area contributed by atoms with Gasteiger partial charge >= 0.3 is 0 Å². The molecule has 3 N–H and O–H groups in total. The highest BCUT2D eigenvalue weighted by atomic mass is 16.5. The summed E-state index contributed by atoms with van der Waals surface area (Å²) < 4.78 is 5.77. The summed E-state index contributed by atoms with van der Waals surface area (Å²) in [5.41, 5.74) is 6.03. The smallest absolute Gasteiger partial charge is 0.169 e. The summed E-state index contributed by atoms with van der Waals surface area (Å²) in [6, 6.07) is 3.88. The van der Waals surface area contributed by atoms with Crippen molar-refractivity contribution in [1.82, 2.24) is 4.98 Å². The van der Waals surface area contributed by atoms with Gasteiger partial charge in [0.25, 0.3) is 0 Å². The molecule has 0 spiro atoms. The van der Waals surface area contributed by atoms with Gasteiger partial charge in [-0.3, -0.25) is 0 Å². The maximum atomic E-state index is 6.05. The van der Waals surface area contributed by atoms with Crippen molar-refractivity contribution in [2.75, 3.05) is 18.5 Å². The van der Waals surface area contributed by atoms with Crippen LogP contribution >= 0.6 is 0 Å². The van der Waals surface area contributed by atoms with E-state index in [1.54, 1.807) is 6.20 Å². The van der Waals surface area contributed by atoms with Gasteiger partial charge in [0.2, 0.25) is 0 Å². The Hall–Kier alpha value is -1.29. The molecule has 4 heteroatoms. The highest BCUT2D eigenvalue weighted by Crippen LogP contribution is 2.35. The molecule has 1 aromatic rings. The largest absolute Gasteiger partial charge is 0.490 e. The Morgan fingerprint density at radius 3 is 2.85 bits per heavy atom. The van der Waals surface area contributed by atoms with Crippen molar-refractivity contribution in [3.05, 3.63) is 18.3 Å². The number of ether oxygens (including phenoxy) is 1. The lowest BCUT2D eigenvalue weighted by Gasteiger charge is -2.40. The summed E-state index contributed by atoms with van der Waals surface area (Å²) >= 11 is 0. The van der Waals surface area contributed by atoms with Gasteiger partial charge in [-0.1, -0.05) is 13.8 Å². The van der Waals surface area contributed by atoms with Crippen LogP contribution in [0.4, 0.5) is 5.82 Å². The van der Waals surface area contributed by atoms with E-state index in [0.29, 0.717) is 13.2 Å². The monoisotopic (exact) mass is 277 g/mol. The average Bonchev–Trinajstić information content (AvgIpc) is 2.49. The minimum Gasteiger partial charge on any atom is -0.490 e. The Morgan fingerprint density at radius 1 is 1.45 bits per heavy atom. The second-order valence-electron chi connectivity index (χ2n) is 5.99. The molecule has 0 unspecified atom stereocenters. The third-order valence-corrected chi connectivity index (χ3v) is 4.24. The van der Waals surface area contributed by atoms with Crippen molar-refractivity contribution in [2.24, 2.45) is 11.7 Å². The fourth-order valence-electron chi connectivity index (χ4n) is 2.76. The number of hydrogen-bond donors (Lipinski definition) is 2. The van der Waals surface area contributed by atoms with E-state index in [4.69, 9.17) is 10.5 Å². The number of pyridine rings is 1. The lowest BCUT2D eigenvalue weighted by Crippen LogP contribution is -2.48. The van der Waals surface area contributed by atoms with E-state index in [1.807, 2.05) is 12.1 Å². The molecule has 0 aliphatic heterocycles. The lowest BCUT2D eigenvalue weighted by molar-refractivity contribution is 0.268. The molecule has 20 heavy (non-hydrogen) atoms. The van der Waals surface area contributed by atoms with Gasteiger partial charge in [0, 0.05) is 12.7 Å². The van der Waals surface area contributed by atoms with Gasteiger partial charge < -0.3 is 15.8 Å². The fourth-order valence-corrected chi connectivity index (χ4v) is 2.76. The minimum atomic E-state index is -0.0226. The van der Waals surface area contributed by atoms with E-state index in [-0.39, 0.29) is 5.54 Å². The van der Waals surface area contributed by atoms with Crippen LogP contribution in [0.25, 0.3) is 0 Å². The molecule has 1 aliphatic rings. The summed E-state index contributed by atoms with van der Waals surface area (Å²) in [7, 11) is 0. The summed E-state index contributed by atoms with van der Waals surface area (Å²) in [5, 5.41) is 3.58. The first-order valence-corrected chi connectivity index (χ1v) is 7.75. The van der Waals surface area contributed by atoms with Crippen LogP contribution in [0.5, 0.6) is 5.75 Å². The van der Waals surface area contributed by atoms with E-state index < -0.39 is 0 Å². The highest BCUT2D eigenvalue weighted by molar-refractivity contribution is 5.51. The van der Waals surface area contributed by atoms with Crippen LogP contribution in [-0.4, -0.2) is 23.7 Å². The van der Waals surface area contributed by atoms with Crippen LogP contribution in [0.2, 0.25) is 0 Å². The molecule has 1 heterocycles. The molecule has 1 aliphatic carbocycles. The molecule has 112 valence electrons. The van der Waals surface area contributed by atoms with Crippen molar-refractivity contribution in [2.45, 2.75) is 51.5 Å². The summed E-state index contributed by atoms with van der Waals surface area (Å²) in [6.45, 7) is 5.78. The Morgan fingerprint density at radius 2 is 2.20 bits per heavy atom. The summed E-state index contributed by atoms with van der Waals surface area (Å²) in [4.78, 5) is 4.45. The predicted molar refractivity (Wildman–Crippen MR) is 83.1 cm³/mol.